The topological polar surface area (TPSA) is 61.8 Å². The van der Waals surface area contributed by atoms with Crippen molar-refractivity contribution < 1.29 is 22.1 Å². The summed E-state index contributed by atoms with van der Waals surface area (Å²) in [5.74, 6) is 0.661. The van der Waals surface area contributed by atoms with E-state index >= 15 is 0 Å². The molecular weight excluding hydrogens is 268 g/mol. The smallest absolute Gasteiger partial charge is 0.300 e. The van der Waals surface area contributed by atoms with Gasteiger partial charge in [0, 0.05) is 6.07 Å². The second-order valence-electron chi connectivity index (χ2n) is 5.29. The van der Waals surface area contributed by atoms with Crippen LogP contribution >= 0.6 is 0 Å². The molecule has 0 spiro atoms. The Hall–Kier alpha value is -1.27. The van der Waals surface area contributed by atoms with Crippen molar-refractivity contribution in [1.29, 1.82) is 0 Å². The molecule has 0 unspecified atom stereocenters. The van der Waals surface area contributed by atoms with Gasteiger partial charge < -0.3 is 9.47 Å². The fraction of sp³-hybridized carbons (Fsp3) is 0.538. The molecule has 0 saturated heterocycles. The molecule has 0 heterocycles. The van der Waals surface area contributed by atoms with Crippen LogP contribution < -0.4 is 9.47 Å². The maximum Gasteiger partial charge on any atom is 0.300 e. The van der Waals surface area contributed by atoms with Crippen molar-refractivity contribution in [3.05, 3.63) is 18.2 Å². The van der Waals surface area contributed by atoms with Crippen molar-refractivity contribution in [3.8, 4) is 11.5 Å². The highest BCUT2D eigenvalue weighted by molar-refractivity contribution is 7.86. The molecule has 0 bridgehead atoms. The summed E-state index contributed by atoms with van der Waals surface area (Å²) in [4.78, 5) is -0.0291. The number of ether oxygens (including phenoxy) is 2. The van der Waals surface area contributed by atoms with Crippen LogP contribution in [0.3, 0.4) is 0 Å². The van der Waals surface area contributed by atoms with Gasteiger partial charge in [-0.1, -0.05) is 20.8 Å². The Morgan fingerprint density at radius 1 is 1.11 bits per heavy atom. The van der Waals surface area contributed by atoms with E-state index in [1.807, 2.05) is 20.8 Å². The van der Waals surface area contributed by atoms with Crippen LogP contribution in [0.4, 0.5) is 0 Å². The minimum absolute atomic E-state index is 0.0291. The molecule has 5 nitrogen and oxygen atoms in total. The largest absolute Gasteiger partial charge is 0.497 e. The second kappa shape index (κ2) is 5.79. The van der Waals surface area contributed by atoms with Gasteiger partial charge in [0.25, 0.3) is 0 Å². The summed E-state index contributed by atoms with van der Waals surface area (Å²) < 4.78 is 39.5. The number of rotatable bonds is 5. The first-order valence-corrected chi connectivity index (χ1v) is 7.22. The van der Waals surface area contributed by atoms with Crippen molar-refractivity contribution >= 4 is 10.1 Å². The molecule has 0 atom stereocenters. The molecule has 1 aromatic carbocycles. The zero-order chi connectivity index (χ0) is 14.7. The highest BCUT2D eigenvalue weighted by Crippen LogP contribution is 2.30. The first-order valence-electron chi connectivity index (χ1n) is 5.81. The van der Waals surface area contributed by atoms with Crippen LogP contribution in [0, 0.1) is 5.41 Å². The maximum atomic E-state index is 12.2. The monoisotopic (exact) mass is 288 g/mol. The molecule has 108 valence electrons. The Morgan fingerprint density at radius 2 is 1.74 bits per heavy atom. The number of hydrogen-bond acceptors (Lipinski definition) is 5. The molecule has 0 fully saturated rings. The van der Waals surface area contributed by atoms with Gasteiger partial charge in [0.2, 0.25) is 0 Å². The average molecular weight is 288 g/mol. The predicted molar refractivity (Wildman–Crippen MR) is 72.1 cm³/mol. The van der Waals surface area contributed by atoms with Crippen molar-refractivity contribution in [2.45, 2.75) is 25.7 Å². The lowest BCUT2D eigenvalue weighted by Crippen LogP contribution is -2.19. The van der Waals surface area contributed by atoms with Crippen molar-refractivity contribution in [2.24, 2.45) is 5.41 Å². The van der Waals surface area contributed by atoms with Crippen LogP contribution in [-0.2, 0) is 14.3 Å². The molecule has 0 amide bonds. The first-order chi connectivity index (χ1) is 8.69. The number of benzene rings is 1. The molecule has 0 N–H and O–H groups in total. The van der Waals surface area contributed by atoms with E-state index in [2.05, 4.69) is 0 Å². The Balaban J connectivity index is 3.12. The van der Waals surface area contributed by atoms with Crippen LogP contribution in [0.25, 0.3) is 0 Å². The third-order valence-electron chi connectivity index (χ3n) is 2.29. The molecule has 19 heavy (non-hydrogen) atoms. The summed E-state index contributed by atoms with van der Waals surface area (Å²) in [6, 6.07) is 4.55. The molecule has 0 aliphatic rings. The van der Waals surface area contributed by atoms with Crippen LogP contribution in [0.1, 0.15) is 20.8 Å². The van der Waals surface area contributed by atoms with Gasteiger partial charge in [0.15, 0.2) is 0 Å². The molecule has 1 rings (SSSR count). The van der Waals surface area contributed by atoms with E-state index in [0.29, 0.717) is 5.75 Å². The van der Waals surface area contributed by atoms with Crippen LogP contribution in [0.2, 0.25) is 0 Å². The van der Waals surface area contributed by atoms with E-state index in [1.54, 1.807) is 6.07 Å². The fourth-order valence-corrected chi connectivity index (χ4v) is 2.59. The predicted octanol–water partition coefficient (Wildman–Crippen LogP) is 2.46. The maximum absolute atomic E-state index is 12.2. The summed E-state index contributed by atoms with van der Waals surface area (Å²) >= 11 is 0. The lowest BCUT2D eigenvalue weighted by atomic mass is 9.99. The van der Waals surface area contributed by atoms with E-state index in [1.165, 1.54) is 26.4 Å². The van der Waals surface area contributed by atoms with E-state index in [4.69, 9.17) is 13.7 Å². The fourth-order valence-electron chi connectivity index (χ4n) is 1.30. The van der Waals surface area contributed by atoms with Gasteiger partial charge in [-0.2, -0.15) is 8.42 Å². The summed E-state index contributed by atoms with van der Waals surface area (Å²) in [7, 11) is -1.00. The summed E-state index contributed by atoms with van der Waals surface area (Å²) in [6.45, 7) is 5.78. The van der Waals surface area contributed by atoms with Crippen LogP contribution in [0.15, 0.2) is 23.1 Å². The van der Waals surface area contributed by atoms with Crippen LogP contribution in [0.5, 0.6) is 11.5 Å². The zero-order valence-electron chi connectivity index (χ0n) is 11.9. The van der Waals surface area contributed by atoms with Crippen molar-refractivity contribution in [3.63, 3.8) is 0 Å². The number of hydrogen-bond donors (Lipinski definition) is 0. The average Bonchev–Trinajstić information content (AvgIpc) is 2.35. The van der Waals surface area contributed by atoms with Gasteiger partial charge in [-0.15, -0.1) is 0 Å². The lowest BCUT2D eigenvalue weighted by Gasteiger charge is -2.18. The molecular formula is C13H20O5S. The third-order valence-corrected chi connectivity index (χ3v) is 3.57. The van der Waals surface area contributed by atoms with E-state index < -0.39 is 10.1 Å². The van der Waals surface area contributed by atoms with Gasteiger partial charge in [-0.3, -0.25) is 4.18 Å². The summed E-state index contributed by atoms with van der Waals surface area (Å²) in [6.07, 6.45) is 0. The lowest BCUT2D eigenvalue weighted by molar-refractivity contribution is 0.202. The molecule has 0 aliphatic heterocycles. The van der Waals surface area contributed by atoms with E-state index in [0.717, 1.165) is 0 Å². The SMILES string of the molecule is COc1ccc(OC)c(S(=O)(=O)OCC(C)(C)C)c1. The van der Waals surface area contributed by atoms with Gasteiger partial charge >= 0.3 is 10.1 Å². The standard InChI is InChI=1S/C13H20O5S/c1-13(2,3)9-18-19(14,15)12-8-10(16-4)6-7-11(12)17-5/h6-8H,9H2,1-5H3. The molecule has 0 aromatic heterocycles. The normalized spacial score (nSPS) is 12.3. The molecule has 0 aliphatic carbocycles. The van der Waals surface area contributed by atoms with Gasteiger partial charge in [-0.05, 0) is 17.5 Å². The van der Waals surface area contributed by atoms with E-state index in [-0.39, 0.29) is 22.7 Å². The Bertz CT molecular complexity index is 528. The summed E-state index contributed by atoms with van der Waals surface area (Å²) in [5, 5.41) is 0. The minimum Gasteiger partial charge on any atom is -0.497 e. The Labute approximate surface area is 114 Å². The third kappa shape index (κ3) is 4.40. The first kappa shape index (κ1) is 15.8. The van der Waals surface area contributed by atoms with Gasteiger partial charge in [0.05, 0.1) is 20.8 Å². The van der Waals surface area contributed by atoms with E-state index in [9.17, 15) is 8.42 Å². The number of methoxy groups -OCH3 is 2. The highest BCUT2D eigenvalue weighted by Gasteiger charge is 2.24. The molecule has 1 aromatic rings. The van der Waals surface area contributed by atoms with Gasteiger partial charge in [0.1, 0.15) is 16.4 Å². The highest BCUT2D eigenvalue weighted by atomic mass is 32.2. The molecule has 6 heteroatoms. The van der Waals surface area contributed by atoms with Crippen molar-refractivity contribution in [1.82, 2.24) is 0 Å². The van der Waals surface area contributed by atoms with Crippen molar-refractivity contribution in [2.75, 3.05) is 20.8 Å². The summed E-state index contributed by atoms with van der Waals surface area (Å²) in [5.41, 5.74) is -0.251. The molecule has 0 saturated carbocycles. The van der Waals surface area contributed by atoms with Crippen LogP contribution in [-0.4, -0.2) is 29.2 Å². The zero-order valence-corrected chi connectivity index (χ0v) is 12.7. The van der Waals surface area contributed by atoms with Gasteiger partial charge in [-0.25, -0.2) is 0 Å². The quantitative estimate of drug-likeness (QED) is 0.779. The Kier molecular flexibility index (Phi) is 4.81. The minimum atomic E-state index is -3.87. The Morgan fingerprint density at radius 3 is 2.21 bits per heavy atom. The second-order valence-corrected chi connectivity index (χ2v) is 6.88. The molecule has 0 radical (unpaired) electrons.